The maximum Gasteiger partial charge on any atom is 0.119 e. The predicted molar refractivity (Wildman–Crippen MR) is 121 cm³/mol. The van der Waals surface area contributed by atoms with Gasteiger partial charge in [0.1, 0.15) is 5.75 Å². The van der Waals surface area contributed by atoms with Gasteiger partial charge < -0.3 is 4.74 Å². The molecule has 0 unspecified atom stereocenters. The van der Waals surface area contributed by atoms with E-state index in [0.717, 1.165) is 60.4 Å². The molecule has 0 atom stereocenters. The molecule has 158 valence electrons. The van der Waals surface area contributed by atoms with Crippen molar-refractivity contribution in [3.05, 3.63) is 42.1 Å². The first-order valence-corrected chi connectivity index (χ1v) is 11.8. The molecular formula is C26H38N2O. The number of ether oxygens (including phenoxy) is 1. The van der Waals surface area contributed by atoms with E-state index in [2.05, 4.69) is 48.3 Å². The summed E-state index contributed by atoms with van der Waals surface area (Å²) in [5, 5.41) is 8.97. The van der Waals surface area contributed by atoms with Crippen molar-refractivity contribution in [1.82, 2.24) is 10.2 Å². The van der Waals surface area contributed by atoms with Gasteiger partial charge in [0.2, 0.25) is 0 Å². The molecule has 1 aliphatic rings. The first-order chi connectivity index (χ1) is 14.3. The number of nitrogens with zero attached hydrogens (tertiary/aromatic N) is 2. The van der Waals surface area contributed by atoms with E-state index in [1.54, 1.807) is 0 Å². The first kappa shape index (κ1) is 21.8. The van der Waals surface area contributed by atoms with Crippen LogP contribution in [-0.4, -0.2) is 16.8 Å². The molecule has 0 N–H and O–H groups in total. The van der Waals surface area contributed by atoms with Crippen LogP contribution in [-0.2, 0) is 6.42 Å². The average molecular weight is 395 g/mol. The molecule has 29 heavy (non-hydrogen) atoms. The third-order valence-corrected chi connectivity index (χ3v) is 6.38. The summed E-state index contributed by atoms with van der Waals surface area (Å²) in [6.45, 7) is 5.26. The summed E-state index contributed by atoms with van der Waals surface area (Å²) in [6.07, 6.45) is 14.5. The normalized spacial score (nSPS) is 19.2. The Labute approximate surface area is 177 Å². The topological polar surface area (TPSA) is 35.0 Å². The smallest absolute Gasteiger partial charge is 0.119 e. The molecule has 3 heteroatoms. The Hall–Kier alpha value is -1.90. The fourth-order valence-electron chi connectivity index (χ4n) is 4.36. The number of aromatic nitrogens is 2. The second kappa shape index (κ2) is 11.9. The van der Waals surface area contributed by atoms with Gasteiger partial charge >= 0.3 is 0 Å². The van der Waals surface area contributed by atoms with Crippen LogP contribution in [0, 0.1) is 11.8 Å². The second-order valence-electron chi connectivity index (χ2n) is 8.70. The Bertz CT molecular complexity index is 688. The summed E-state index contributed by atoms with van der Waals surface area (Å²) in [6, 6.07) is 12.5. The SMILES string of the molecule is CCCCOc1ccc(-c2ccc(CCC3CCC(CCCC)CC3)nn2)cc1. The predicted octanol–water partition coefficient (Wildman–Crippen LogP) is 7.25. The molecule has 3 rings (SSSR count). The van der Waals surface area contributed by atoms with E-state index in [0.29, 0.717) is 0 Å². The number of unbranched alkanes of at least 4 members (excludes halogenated alkanes) is 2. The van der Waals surface area contributed by atoms with Crippen LogP contribution in [0.5, 0.6) is 5.75 Å². The second-order valence-corrected chi connectivity index (χ2v) is 8.70. The number of aryl methyl sites for hydroxylation is 1. The van der Waals surface area contributed by atoms with Crippen LogP contribution in [0.3, 0.4) is 0 Å². The lowest BCUT2D eigenvalue weighted by molar-refractivity contribution is 0.249. The van der Waals surface area contributed by atoms with Gasteiger partial charge in [-0.25, -0.2) is 0 Å². The van der Waals surface area contributed by atoms with E-state index in [4.69, 9.17) is 4.74 Å². The molecule has 0 radical (unpaired) electrons. The van der Waals surface area contributed by atoms with Crippen LogP contribution < -0.4 is 4.74 Å². The van der Waals surface area contributed by atoms with Gasteiger partial charge in [-0.05, 0) is 67.5 Å². The maximum atomic E-state index is 5.74. The third-order valence-electron chi connectivity index (χ3n) is 6.38. The molecule has 1 heterocycles. The average Bonchev–Trinajstić information content (AvgIpc) is 2.78. The molecule has 0 saturated heterocycles. The van der Waals surface area contributed by atoms with E-state index in [1.807, 2.05) is 12.1 Å². The van der Waals surface area contributed by atoms with Gasteiger partial charge in [-0.3, -0.25) is 0 Å². The van der Waals surface area contributed by atoms with Crippen molar-refractivity contribution in [2.75, 3.05) is 6.61 Å². The summed E-state index contributed by atoms with van der Waals surface area (Å²) in [5.74, 6) is 2.81. The van der Waals surface area contributed by atoms with Crippen molar-refractivity contribution >= 4 is 0 Å². The highest BCUT2D eigenvalue weighted by atomic mass is 16.5. The Morgan fingerprint density at radius 2 is 1.48 bits per heavy atom. The van der Waals surface area contributed by atoms with Crippen LogP contribution in [0.15, 0.2) is 36.4 Å². The standard InChI is InChI=1S/C26H38N2O/c1-3-5-7-21-8-10-22(11-9-21)12-15-24-16-19-26(28-27-24)23-13-17-25(18-14-23)29-20-6-4-2/h13-14,16-19,21-22H,3-12,15,20H2,1-2H3. The quantitative estimate of drug-likeness (QED) is 0.376. The van der Waals surface area contributed by atoms with Gasteiger partial charge in [0.05, 0.1) is 18.0 Å². The Kier molecular flexibility index (Phi) is 8.98. The van der Waals surface area contributed by atoms with Gasteiger partial charge in [-0.15, -0.1) is 0 Å². The Morgan fingerprint density at radius 3 is 2.10 bits per heavy atom. The zero-order valence-corrected chi connectivity index (χ0v) is 18.4. The largest absolute Gasteiger partial charge is 0.494 e. The fourth-order valence-corrected chi connectivity index (χ4v) is 4.36. The van der Waals surface area contributed by atoms with Crippen LogP contribution in [0.1, 0.15) is 83.7 Å². The van der Waals surface area contributed by atoms with Crippen LogP contribution in [0.25, 0.3) is 11.3 Å². The minimum Gasteiger partial charge on any atom is -0.494 e. The Morgan fingerprint density at radius 1 is 0.793 bits per heavy atom. The molecule has 1 fully saturated rings. The van der Waals surface area contributed by atoms with Crippen molar-refractivity contribution in [2.45, 2.75) is 84.5 Å². The number of rotatable bonds is 11. The fraction of sp³-hybridized carbons (Fsp3) is 0.615. The van der Waals surface area contributed by atoms with Gasteiger partial charge in [-0.2, -0.15) is 10.2 Å². The van der Waals surface area contributed by atoms with Crippen molar-refractivity contribution in [3.63, 3.8) is 0 Å². The van der Waals surface area contributed by atoms with E-state index < -0.39 is 0 Å². The highest BCUT2D eigenvalue weighted by molar-refractivity contribution is 5.59. The van der Waals surface area contributed by atoms with Crippen LogP contribution in [0.4, 0.5) is 0 Å². The van der Waals surface area contributed by atoms with Crippen molar-refractivity contribution < 1.29 is 4.74 Å². The summed E-state index contributed by atoms with van der Waals surface area (Å²) in [4.78, 5) is 0. The van der Waals surface area contributed by atoms with E-state index >= 15 is 0 Å². The van der Waals surface area contributed by atoms with E-state index in [1.165, 1.54) is 51.4 Å². The molecular weight excluding hydrogens is 356 g/mol. The van der Waals surface area contributed by atoms with Crippen molar-refractivity contribution in [2.24, 2.45) is 11.8 Å². The van der Waals surface area contributed by atoms with Crippen molar-refractivity contribution in [1.29, 1.82) is 0 Å². The third kappa shape index (κ3) is 7.13. The van der Waals surface area contributed by atoms with Gasteiger partial charge in [0.15, 0.2) is 0 Å². The molecule has 1 aromatic carbocycles. The molecule has 0 amide bonds. The van der Waals surface area contributed by atoms with E-state index in [-0.39, 0.29) is 0 Å². The molecule has 0 aliphatic heterocycles. The van der Waals surface area contributed by atoms with Crippen molar-refractivity contribution in [3.8, 4) is 17.0 Å². The molecule has 1 aliphatic carbocycles. The lowest BCUT2D eigenvalue weighted by Crippen LogP contribution is -2.15. The molecule has 0 spiro atoms. The van der Waals surface area contributed by atoms with Crippen LogP contribution in [0.2, 0.25) is 0 Å². The number of hydrogen-bond donors (Lipinski definition) is 0. The lowest BCUT2D eigenvalue weighted by Gasteiger charge is -2.28. The number of benzene rings is 1. The molecule has 3 nitrogen and oxygen atoms in total. The number of hydrogen-bond acceptors (Lipinski definition) is 3. The zero-order valence-electron chi connectivity index (χ0n) is 18.4. The summed E-state index contributed by atoms with van der Waals surface area (Å²) in [7, 11) is 0. The monoisotopic (exact) mass is 394 g/mol. The summed E-state index contributed by atoms with van der Waals surface area (Å²) < 4.78 is 5.74. The summed E-state index contributed by atoms with van der Waals surface area (Å²) >= 11 is 0. The summed E-state index contributed by atoms with van der Waals surface area (Å²) in [5.41, 5.74) is 3.16. The first-order valence-electron chi connectivity index (χ1n) is 11.8. The van der Waals surface area contributed by atoms with Gasteiger partial charge in [0, 0.05) is 5.56 Å². The lowest BCUT2D eigenvalue weighted by atomic mass is 9.78. The van der Waals surface area contributed by atoms with Gasteiger partial charge in [-0.1, -0.05) is 65.2 Å². The molecule has 0 bridgehead atoms. The highest BCUT2D eigenvalue weighted by Crippen LogP contribution is 2.34. The van der Waals surface area contributed by atoms with Gasteiger partial charge in [0.25, 0.3) is 0 Å². The molecule has 1 aromatic heterocycles. The highest BCUT2D eigenvalue weighted by Gasteiger charge is 2.20. The minimum absolute atomic E-state index is 0.782. The molecule has 1 saturated carbocycles. The van der Waals surface area contributed by atoms with E-state index in [9.17, 15) is 0 Å². The molecule has 2 aromatic rings. The minimum atomic E-state index is 0.782. The Balaban J connectivity index is 1.43. The maximum absolute atomic E-state index is 5.74. The zero-order chi connectivity index (χ0) is 20.3. The van der Waals surface area contributed by atoms with Crippen LogP contribution >= 0.6 is 0 Å².